The number of hydrogen-bond donors (Lipinski definition) is 0. The molecule has 104 valence electrons. The van der Waals surface area contributed by atoms with Crippen LogP contribution in [0.5, 0.6) is 0 Å². The van der Waals surface area contributed by atoms with Gasteiger partial charge < -0.3 is 0 Å². The third-order valence-electron chi connectivity index (χ3n) is 3.90. The van der Waals surface area contributed by atoms with Crippen LogP contribution in [0.3, 0.4) is 0 Å². The van der Waals surface area contributed by atoms with Crippen molar-refractivity contribution < 1.29 is 0 Å². The molecule has 2 heterocycles. The summed E-state index contributed by atoms with van der Waals surface area (Å²) in [4.78, 5) is 8.22. The van der Waals surface area contributed by atoms with Crippen LogP contribution < -0.4 is 0 Å². The molecule has 0 spiro atoms. The van der Waals surface area contributed by atoms with Crippen molar-refractivity contribution in [2.75, 3.05) is 0 Å². The van der Waals surface area contributed by atoms with Crippen LogP contribution in [0.15, 0.2) is 54.7 Å². The first kappa shape index (κ1) is 13.0. The van der Waals surface area contributed by atoms with E-state index in [2.05, 4.69) is 34.1 Å². The molecule has 0 N–H and O–H groups in total. The largest absolute Gasteiger partial charge is 0.256 e. The van der Waals surface area contributed by atoms with E-state index in [1.54, 1.807) is 11.3 Å². The zero-order chi connectivity index (χ0) is 15.1. The Labute approximate surface area is 132 Å². The molecule has 22 heavy (non-hydrogen) atoms. The summed E-state index contributed by atoms with van der Waals surface area (Å²) in [5, 5.41) is 2.36. The van der Waals surface area contributed by atoms with Crippen molar-refractivity contribution in [3.05, 3.63) is 71.7 Å². The zero-order valence-electron chi connectivity index (χ0n) is 12.0. The number of rotatable bonds is 1. The first-order valence-electron chi connectivity index (χ1n) is 7.03. The fourth-order valence-electron chi connectivity index (χ4n) is 2.81. The lowest BCUT2D eigenvalue weighted by Gasteiger charge is -2.01. The van der Waals surface area contributed by atoms with Gasteiger partial charge in [0.1, 0.15) is 0 Å². The van der Waals surface area contributed by atoms with E-state index in [4.69, 9.17) is 6.57 Å². The maximum absolute atomic E-state index is 7.48. The lowest BCUT2D eigenvalue weighted by molar-refractivity contribution is 1.33. The van der Waals surface area contributed by atoms with Crippen molar-refractivity contribution in [3.8, 4) is 11.3 Å². The molecule has 0 fully saturated rings. The summed E-state index contributed by atoms with van der Waals surface area (Å²) in [5.74, 6) is 0. The molecular formula is C19H12N2S. The molecule has 0 aliphatic heterocycles. The minimum absolute atomic E-state index is 0.769. The monoisotopic (exact) mass is 300 g/mol. The molecular weight excluding hydrogens is 288 g/mol. The fraction of sp³-hybridized carbons (Fsp3) is 0.0526. The van der Waals surface area contributed by atoms with E-state index in [0.29, 0.717) is 0 Å². The molecule has 0 saturated carbocycles. The lowest BCUT2D eigenvalue weighted by Crippen LogP contribution is -1.81. The van der Waals surface area contributed by atoms with Crippen molar-refractivity contribution in [2.24, 2.45) is 0 Å². The van der Waals surface area contributed by atoms with Gasteiger partial charge in [-0.2, -0.15) is 0 Å². The Morgan fingerprint density at radius 1 is 0.955 bits per heavy atom. The van der Waals surface area contributed by atoms with Gasteiger partial charge in [-0.05, 0) is 35.4 Å². The van der Waals surface area contributed by atoms with Crippen LogP contribution in [0.4, 0.5) is 5.69 Å². The summed E-state index contributed by atoms with van der Waals surface area (Å²) in [6.45, 7) is 9.47. The van der Waals surface area contributed by atoms with Gasteiger partial charge in [-0.3, -0.25) is 4.98 Å². The molecule has 4 aromatic rings. The van der Waals surface area contributed by atoms with Crippen LogP contribution in [0, 0.1) is 13.5 Å². The highest BCUT2D eigenvalue weighted by Crippen LogP contribution is 2.44. The normalized spacial score (nSPS) is 10.9. The van der Waals surface area contributed by atoms with Crippen LogP contribution in [0.25, 0.3) is 36.3 Å². The first-order valence-corrected chi connectivity index (χ1v) is 7.85. The van der Waals surface area contributed by atoms with Crippen molar-refractivity contribution in [3.63, 3.8) is 0 Å². The van der Waals surface area contributed by atoms with Crippen molar-refractivity contribution in [1.29, 1.82) is 0 Å². The maximum Gasteiger partial charge on any atom is 0.207 e. The van der Waals surface area contributed by atoms with E-state index < -0.39 is 0 Å². The Balaban J connectivity index is 2.15. The maximum atomic E-state index is 7.48. The standard InChI is InChI=1S/C19H12N2S/c1-12-9-10-14-13-6-5-7-15(16-8-3-4-11-21-16)18(13)22-19(14)17(12)20-2/h3-11H,1H3. The fourth-order valence-corrected chi connectivity index (χ4v) is 4.17. The van der Waals surface area contributed by atoms with Gasteiger partial charge in [0.05, 0.1) is 12.3 Å². The van der Waals surface area contributed by atoms with Crippen LogP contribution in [-0.4, -0.2) is 4.98 Å². The molecule has 2 aromatic heterocycles. The average Bonchev–Trinajstić information content (AvgIpc) is 2.94. The van der Waals surface area contributed by atoms with E-state index in [-0.39, 0.29) is 0 Å². The van der Waals surface area contributed by atoms with Gasteiger partial charge in [0.2, 0.25) is 5.69 Å². The number of nitrogens with zero attached hydrogens (tertiary/aromatic N) is 2. The van der Waals surface area contributed by atoms with Crippen molar-refractivity contribution in [2.45, 2.75) is 6.92 Å². The minimum atomic E-state index is 0.769. The highest BCUT2D eigenvalue weighted by Gasteiger charge is 2.14. The molecule has 0 amide bonds. The molecule has 0 radical (unpaired) electrons. The Hall–Kier alpha value is -2.70. The topological polar surface area (TPSA) is 17.2 Å². The van der Waals surface area contributed by atoms with Gasteiger partial charge in [-0.1, -0.05) is 36.4 Å². The molecule has 0 bridgehead atoms. The highest BCUT2D eigenvalue weighted by atomic mass is 32.1. The lowest BCUT2D eigenvalue weighted by atomic mass is 10.1. The third kappa shape index (κ3) is 1.82. The summed E-state index contributed by atoms with van der Waals surface area (Å²) in [6, 6.07) is 16.4. The molecule has 0 aliphatic rings. The van der Waals surface area contributed by atoms with E-state index in [1.165, 1.54) is 10.1 Å². The van der Waals surface area contributed by atoms with Crippen LogP contribution in [0.1, 0.15) is 5.56 Å². The van der Waals surface area contributed by atoms with Crippen molar-refractivity contribution >= 4 is 37.2 Å². The van der Waals surface area contributed by atoms with E-state index in [9.17, 15) is 0 Å². The van der Waals surface area contributed by atoms with Gasteiger partial charge in [-0.25, -0.2) is 4.85 Å². The van der Waals surface area contributed by atoms with Crippen LogP contribution >= 0.6 is 11.3 Å². The van der Waals surface area contributed by atoms with Gasteiger partial charge in [-0.15, -0.1) is 11.3 Å². The SMILES string of the molecule is [C-]#[N+]c1c(C)ccc2c1sc1c(-c3ccccn3)cccc12. The highest BCUT2D eigenvalue weighted by molar-refractivity contribution is 7.27. The minimum Gasteiger partial charge on any atom is -0.256 e. The van der Waals surface area contributed by atoms with E-state index >= 15 is 0 Å². The molecule has 3 heteroatoms. The van der Waals surface area contributed by atoms with E-state index in [1.807, 2.05) is 37.4 Å². The zero-order valence-corrected chi connectivity index (χ0v) is 12.8. The third-order valence-corrected chi connectivity index (χ3v) is 5.16. The summed E-state index contributed by atoms with van der Waals surface area (Å²) >= 11 is 1.69. The number of pyridine rings is 1. The number of thiophene rings is 1. The number of benzene rings is 2. The molecule has 0 unspecified atom stereocenters. The smallest absolute Gasteiger partial charge is 0.207 e. The molecule has 2 nitrogen and oxygen atoms in total. The molecule has 0 atom stereocenters. The summed E-state index contributed by atoms with van der Waals surface area (Å²) < 4.78 is 2.28. The summed E-state index contributed by atoms with van der Waals surface area (Å²) in [7, 11) is 0. The predicted octanol–water partition coefficient (Wildman–Crippen LogP) is 5.98. The van der Waals surface area contributed by atoms with Crippen LogP contribution in [-0.2, 0) is 0 Å². The van der Waals surface area contributed by atoms with Crippen LogP contribution in [0.2, 0.25) is 0 Å². The predicted molar refractivity (Wildman–Crippen MR) is 93.6 cm³/mol. The Morgan fingerprint density at radius 3 is 2.59 bits per heavy atom. The quantitative estimate of drug-likeness (QED) is 0.395. The van der Waals surface area contributed by atoms with Gasteiger partial charge in [0, 0.05) is 21.2 Å². The number of hydrogen-bond acceptors (Lipinski definition) is 2. The Kier molecular flexibility index (Phi) is 2.92. The second kappa shape index (κ2) is 4.94. The van der Waals surface area contributed by atoms with E-state index in [0.717, 1.165) is 32.6 Å². The Morgan fingerprint density at radius 2 is 1.82 bits per heavy atom. The Bertz CT molecular complexity index is 1040. The average molecular weight is 300 g/mol. The number of aryl methyl sites for hydroxylation is 1. The second-order valence-electron chi connectivity index (χ2n) is 5.22. The van der Waals surface area contributed by atoms with Gasteiger partial charge in [0.25, 0.3) is 0 Å². The molecule has 0 saturated heterocycles. The summed E-state index contributed by atoms with van der Waals surface area (Å²) in [5.41, 5.74) is 3.91. The summed E-state index contributed by atoms with van der Waals surface area (Å²) in [6.07, 6.45) is 1.82. The number of aromatic nitrogens is 1. The molecule has 0 aliphatic carbocycles. The first-order chi connectivity index (χ1) is 10.8. The van der Waals surface area contributed by atoms with Gasteiger partial charge in [0.15, 0.2) is 0 Å². The second-order valence-corrected chi connectivity index (χ2v) is 6.24. The van der Waals surface area contributed by atoms with Crippen molar-refractivity contribution in [1.82, 2.24) is 4.98 Å². The molecule has 4 rings (SSSR count). The molecule has 2 aromatic carbocycles. The number of fused-ring (bicyclic) bond motifs is 3. The van der Waals surface area contributed by atoms with Gasteiger partial charge >= 0.3 is 0 Å².